The highest BCUT2D eigenvalue weighted by molar-refractivity contribution is 8.19. The quantitative estimate of drug-likeness (QED) is 0.595. The molecule has 0 spiro atoms. The summed E-state index contributed by atoms with van der Waals surface area (Å²) in [5.41, 5.74) is 1.45. The zero-order chi connectivity index (χ0) is 20.4. The molecule has 1 aromatic heterocycles. The molecule has 1 aliphatic rings. The monoisotopic (exact) mass is 423 g/mol. The van der Waals surface area contributed by atoms with Crippen LogP contribution < -0.4 is 0 Å². The van der Waals surface area contributed by atoms with Gasteiger partial charge < -0.3 is 0 Å². The summed E-state index contributed by atoms with van der Waals surface area (Å²) in [4.78, 5) is 19.2. The van der Waals surface area contributed by atoms with Gasteiger partial charge in [0.2, 0.25) is 0 Å². The van der Waals surface area contributed by atoms with Crippen LogP contribution >= 0.6 is 11.8 Å². The third kappa shape index (κ3) is 3.94. The maximum atomic E-state index is 12.8. The molecule has 0 saturated carbocycles. The van der Waals surface area contributed by atoms with Gasteiger partial charge in [-0.25, -0.2) is 4.98 Å². The largest absolute Gasteiger partial charge is 0.286 e. The maximum absolute atomic E-state index is 12.8. The molecule has 1 amide bonds. The first kappa shape index (κ1) is 19.4. The van der Waals surface area contributed by atoms with Gasteiger partial charge in [0, 0.05) is 11.9 Å². The fourth-order valence-corrected chi connectivity index (χ4v) is 5.15. The number of sulfonamides is 1. The lowest BCUT2D eigenvalue weighted by molar-refractivity contribution is -0.122. The summed E-state index contributed by atoms with van der Waals surface area (Å²) in [5.74, 6) is -0.283. The van der Waals surface area contributed by atoms with Gasteiger partial charge in [-0.1, -0.05) is 42.5 Å². The Kier molecular flexibility index (Phi) is 5.21. The van der Waals surface area contributed by atoms with Crippen molar-refractivity contribution in [3.63, 3.8) is 0 Å². The summed E-state index contributed by atoms with van der Waals surface area (Å²) >= 11 is 1.04. The van der Waals surface area contributed by atoms with Crippen LogP contribution in [0, 0.1) is 0 Å². The predicted octanol–water partition coefficient (Wildman–Crippen LogP) is 3.92. The van der Waals surface area contributed by atoms with Gasteiger partial charge in [-0.2, -0.15) is 8.42 Å². The second-order valence-corrected chi connectivity index (χ2v) is 8.86. The van der Waals surface area contributed by atoms with E-state index in [0.29, 0.717) is 17.1 Å². The normalized spacial score (nSPS) is 17.6. The van der Waals surface area contributed by atoms with Gasteiger partial charge in [0.25, 0.3) is 15.9 Å². The van der Waals surface area contributed by atoms with Crippen molar-refractivity contribution in [3.05, 3.63) is 77.3 Å². The summed E-state index contributed by atoms with van der Waals surface area (Å²) < 4.78 is 29.1. The van der Waals surface area contributed by atoms with E-state index in [0.717, 1.165) is 22.7 Å². The molecule has 146 valence electrons. The molecule has 0 aliphatic carbocycles. The van der Waals surface area contributed by atoms with Gasteiger partial charge in [0.1, 0.15) is 0 Å². The number of rotatable bonds is 4. The number of likely N-dealkylation sites (N-methyl/N-ethyl adjacent to an activating group) is 1. The number of pyridine rings is 1. The number of carbonyl (C=O) groups is 1. The number of thioether (sulfide) groups is 1. The van der Waals surface area contributed by atoms with Crippen LogP contribution in [0.5, 0.6) is 0 Å². The van der Waals surface area contributed by atoms with Crippen molar-refractivity contribution in [3.8, 4) is 0 Å². The number of hydrogen-bond donors (Lipinski definition) is 0. The number of benzene rings is 2. The van der Waals surface area contributed by atoms with Crippen LogP contribution in [0.25, 0.3) is 17.0 Å². The highest BCUT2D eigenvalue weighted by Crippen LogP contribution is 2.33. The van der Waals surface area contributed by atoms with E-state index in [2.05, 4.69) is 9.38 Å². The van der Waals surface area contributed by atoms with Gasteiger partial charge in [0.15, 0.2) is 5.17 Å². The molecule has 8 heteroatoms. The van der Waals surface area contributed by atoms with Crippen LogP contribution in [-0.4, -0.2) is 35.9 Å². The van der Waals surface area contributed by atoms with Gasteiger partial charge >= 0.3 is 0 Å². The summed E-state index contributed by atoms with van der Waals surface area (Å²) in [7, 11) is -3.90. The van der Waals surface area contributed by atoms with E-state index in [1.54, 1.807) is 31.2 Å². The molecule has 3 aromatic rings. The van der Waals surface area contributed by atoms with E-state index in [9.17, 15) is 13.2 Å². The molecule has 1 fully saturated rings. The zero-order valence-electron chi connectivity index (χ0n) is 15.5. The zero-order valence-corrected chi connectivity index (χ0v) is 17.2. The van der Waals surface area contributed by atoms with Crippen LogP contribution in [0.3, 0.4) is 0 Å². The molecule has 0 bridgehead atoms. The molecule has 1 aliphatic heterocycles. The third-order valence-electron chi connectivity index (χ3n) is 4.34. The lowest BCUT2D eigenvalue weighted by Crippen LogP contribution is -2.29. The Labute approximate surface area is 173 Å². The Bertz CT molecular complexity index is 1250. The summed E-state index contributed by atoms with van der Waals surface area (Å²) in [6, 6.07) is 19.4. The second kappa shape index (κ2) is 7.81. The Balaban J connectivity index is 1.70. The number of nitrogens with zero attached hydrogens (tertiary/aromatic N) is 3. The Morgan fingerprint density at radius 3 is 2.52 bits per heavy atom. The van der Waals surface area contributed by atoms with Crippen molar-refractivity contribution < 1.29 is 13.2 Å². The Morgan fingerprint density at radius 1 is 1.03 bits per heavy atom. The number of para-hydroxylation sites is 1. The lowest BCUT2D eigenvalue weighted by Gasteiger charge is -2.11. The fourth-order valence-electron chi connectivity index (χ4n) is 2.90. The number of hydrogen-bond acceptors (Lipinski definition) is 5. The molecule has 0 atom stereocenters. The lowest BCUT2D eigenvalue weighted by atomic mass is 10.2. The Morgan fingerprint density at radius 2 is 1.76 bits per heavy atom. The smallest absolute Gasteiger partial charge is 0.284 e. The summed E-state index contributed by atoms with van der Waals surface area (Å²) in [6.45, 7) is 2.10. The van der Waals surface area contributed by atoms with Crippen molar-refractivity contribution in [2.45, 2.75) is 11.8 Å². The maximum Gasteiger partial charge on any atom is 0.284 e. The van der Waals surface area contributed by atoms with Gasteiger partial charge in [-0.05, 0) is 49.0 Å². The van der Waals surface area contributed by atoms with Crippen LogP contribution in [0.4, 0.5) is 0 Å². The first-order valence-corrected chi connectivity index (χ1v) is 11.2. The average molecular weight is 424 g/mol. The van der Waals surface area contributed by atoms with E-state index in [4.69, 9.17) is 0 Å². The van der Waals surface area contributed by atoms with Crippen molar-refractivity contribution in [2.24, 2.45) is 4.40 Å². The molecular weight excluding hydrogens is 406 g/mol. The molecule has 4 rings (SSSR count). The molecular formula is C21H17N3O3S2. The fraction of sp³-hybridized carbons (Fsp3) is 0.0952. The minimum absolute atomic E-state index is 0.0882. The minimum Gasteiger partial charge on any atom is -0.286 e. The topological polar surface area (TPSA) is 79.7 Å². The van der Waals surface area contributed by atoms with Crippen LogP contribution in [0.2, 0.25) is 0 Å². The van der Waals surface area contributed by atoms with E-state index in [1.165, 1.54) is 17.0 Å². The minimum atomic E-state index is -3.90. The molecule has 1 saturated heterocycles. The molecule has 0 radical (unpaired) electrons. The first-order chi connectivity index (χ1) is 14.0. The summed E-state index contributed by atoms with van der Waals surface area (Å²) in [6.07, 6.45) is 1.67. The van der Waals surface area contributed by atoms with Gasteiger partial charge in [-0.15, -0.1) is 4.40 Å². The van der Waals surface area contributed by atoms with E-state index < -0.39 is 10.0 Å². The second-order valence-electron chi connectivity index (χ2n) is 6.25. The van der Waals surface area contributed by atoms with Crippen molar-refractivity contribution >= 4 is 49.8 Å². The highest BCUT2D eigenvalue weighted by Gasteiger charge is 2.34. The molecule has 0 N–H and O–H groups in total. The Hall–Kier alpha value is -2.97. The molecule has 29 heavy (non-hydrogen) atoms. The van der Waals surface area contributed by atoms with Crippen molar-refractivity contribution in [1.82, 2.24) is 9.88 Å². The van der Waals surface area contributed by atoms with Gasteiger partial charge in [0.05, 0.1) is 21.0 Å². The average Bonchev–Trinajstić information content (AvgIpc) is 3.02. The number of amides is 1. The van der Waals surface area contributed by atoms with Crippen molar-refractivity contribution in [1.29, 1.82) is 0 Å². The molecule has 0 unspecified atom stereocenters. The first-order valence-electron chi connectivity index (χ1n) is 8.95. The number of amidine groups is 1. The van der Waals surface area contributed by atoms with E-state index >= 15 is 0 Å². The summed E-state index contributed by atoms with van der Waals surface area (Å²) in [5, 5.41) is 1.15. The van der Waals surface area contributed by atoms with Crippen LogP contribution in [0.1, 0.15) is 12.6 Å². The van der Waals surface area contributed by atoms with Crippen molar-refractivity contribution in [2.75, 3.05) is 6.54 Å². The predicted molar refractivity (Wildman–Crippen MR) is 116 cm³/mol. The van der Waals surface area contributed by atoms with Gasteiger partial charge in [-0.3, -0.25) is 9.69 Å². The number of carbonyl (C=O) groups excluding carboxylic acids is 1. The molecule has 2 aromatic carbocycles. The van der Waals surface area contributed by atoms with Crippen LogP contribution in [0.15, 0.2) is 80.9 Å². The number of aromatic nitrogens is 1. The standard InChI is InChI=1S/C21H17N3O3S2/c1-2-24-20(25)19(14-16-13-12-15-8-6-7-11-18(15)22-16)28-21(24)23-29(26,27)17-9-4-3-5-10-17/h3-14H,2H2,1H3/b19-14-,23-21+. The molecule has 2 heterocycles. The molecule has 6 nitrogen and oxygen atoms in total. The van der Waals surface area contributed by atoms with E-state index in [1.807, 2.05) is 36.4 Å². The van der Waals surface area contributed by atoms with E-state index in [-0.39, 0.29) is 16.0 Å². The van der Waals surface area contributed by atoms with Crippen LogP contribution in [-0.2, 0) is 14.8 Å². The highest BCUT2D eigenvalue weighted by atomic mass is 32.2. The SMILES string of the molecule is CCN1C(=O)/C(=C/c2ccc3ccccc3n2)S/C1=N/S(=O)(=O)c1ccccc1. The third-order valence-corrected chi connectivity index (χ3v) is 6.75. The number of fused-ring (bicyclic) bond motifs is 1.